The minimum absolute atomic E-state index is 0.0660. The van der Waals surface area contributed by atoms with E-state index < -0.39 is 0 Å². The molecule has 0 spiro atoms. The highest BCUT2D eigenvalue weighted by Gasteiger charge is 2.24. The first-order valence-corrected chi connectivity index (χ1v) is 8.53. The lowest BCUT2D eigenvalue weighted by Crippen LogP contribution is -2.49. The zero-order valence-electron chi connectivity index (χ0n) is 12.9. The quantitative estimate of drug-likeness (QED) is 0.784. The standard InChI is InChI=1S/C18H27FN2/c19-18-10-6-5-7-16(18)15-20-11-13-21(14-12-20)17-8-3-1-2-4-9-17/h5-7,10,17H,1-4,8-9,11-15H2. The number of piperazine rings is 1. The molecule has 2 nitrogen and oxygen atoms in total. The lowest BCUT2D eigenvalue weighted by Gasteiger charge is -2.39. The lowest BCUT2D eigenvalue weighted by molar-refractivity contribution is 0.0845. The fourth-order valence-corrected chi connectivity index (χ4v) is 3.78. The van der Waals surface area contributed by atoms with Gasteiger partial charge >= 0.3 is 0 Å². The molecule has 0 bridgehead atoms. The van der Waals surface area contributed by atoms with Crippen LogP contribution in [0.4, 0.5) is 4.39 Å². The van der Waals surface area contributed by atoms with Gasteiger partial charge in [0.05, 0.1) is 0 Å². The Labute approximate surface area is 127 Å². The maximum atomic E-state index is 13.7. The van der Waals surface area contributed by atoms with Gasteiger partial charge in [0.1, 0.15) is 5.82 Å². The van der Waals surface area contributed by atoms with E-state index in [0.29, 0.717) is 0 Å². The molecule has 0 unspecified atom stereocenters. The molecule has 1 aliphatic heterocycles. The molecule has 0 atom stereocenters. The van der Waals surface area contributed by atoms with Gasteiger partial charge in [0, 0.05) is 44.3 Å². The Morgan fingerprint density at radius 3 is 2.24 bits per heavy atom. The van der Waals surface area contributed by atoms with E-state index in [0.717, 1.165) is 44.3 Å². The molecule has 0 radical (unpaired) electrons. The van der Waals surface area contributed by atoms with Crippen molar-refractivity contribution in [3.63, 3.8) is 0 Å². The Morgan fingerprint density at radius 2 is 1.57 bits per heavy atom. The maximum absolute atomic E-state index is 13.7. The Balaban J connectivity index is 1.49. The topological polar surface area (TPSA) is 6.48 Å². The van der Waals surface area contributed by atoms with Gasteiger partial charge in [-0.05, 0) is 18.9 Å². The summed E-state index contributed by atoms with van der Waals surface area (Å²) in [5.41, 5.74) is 0.834. The van der Waals surface area contributed by atoms with Crippen molar-refractivity contribution < 1.29 is 4.39 Å². The highest BCUT2D eigenvalue weighted by Crippen LogP contribution is 2.23. The van der Waals surface area contributed by atoms with Gasteiger partial charge in [-0.3, -0.25) is 9.80 Å². The third-order valence-corrected chi connectivity index (χ3v) is 5.10. The summed E-state index contributed by atoms with van der Waals surface area (Å²) in [5, 5.41) is 0. The molecule has 0 amide bonds. The molecule has 21 heavy (non-hydrogen) atoms. The number of halogens is 1. The molecular weight excluding hydrogens is 263 g/mol. The van der Waals surface area contributed by atoms with Gasteiger partial charge in [-0.2, -0.15) is 0 Å². The SMILES string of the molecule is Fc1ccccc1CN1CCN(C2CCCCCC2)CC1. The average molecular weight is 290 g/mol. The normalized spacial score (nSPS) is 23.1. The van der Waals surface area contributed by atoms with Crippen LogP contribution in [0.15, 0.2) is 24.3 Å². The Hall–Kier alpha value is -0.930. The number of rotatable bonds is 3. The Kier molecular flexibility index (Phi) is 5.26. The number of nitrogens with zero attached hydrogens (tertiary/aromatic N) is 2. The van der Waals surface area contributed by atoms with Gasteiger partial charge in [0.2, 0.25) is 0 Å². The summed E-state index contributed by atoms with van der Waals surface area (Å²) in [7, 11) is 0. The van der Waals surface area contributed by atoms with Gasteiger partial charge in [0.15, 0.2) is 0 Å². The predicted octanol–water partition coefficient (Wildman–Crippen LogP) is 3.67. The Bertz CT molecular complexity index is 433. The molecule has 0 aromatic heterocycles. The summed E-state index contributed by atoms with van der Waals surface area (Å²) in [4.78, 5) is 5.08. The highest BCUT2D eigenvalue weighted by atomic mass is 19.1. The third-order valence-electron chi connectivity index (χ3n) is 5.10. The zero-order valence-corrected chi connectivity index (χ0v) is 12.9. The second-order valence-electron chi connectivity index (χ2n) is 6.55. The molecular formula is C18H27FN2. The van der Waals surface area contributed by atoms with E-state index in [1.54, 1.807) is 12.1 Å². The van der Waals surface area contributed by atoms with Crippen LogP contribution in [-0.4, -0.2) is 42.0 Å². The second kappa shape index (κ2) is 7.37. The summed E-state index contributed by atoms with van der Waals surface area (Å²) in [6.07, 6.45) is 8.41. The average Bonchev–Trinajstić information content (AvgIpc) is 2.80. The van der Waals surface area contributed by atoms with Gasteiger partial charge in [0.25, 0.3) is 0 Å². The van der Waals surface area contributed by atoms with E-state index in [4.69, 9.17) is 0 Å². The summed E-state index contributed by atoms with van der Waals surface area (Å²) in [6.45, 7) is 5.21. The van der Waals surface area contributed by atoms with E-state index >= 15 is 0 Å². The fourth-order valence-electron chi connectivity index (χ4n) is 3.78. The smallest absolute Gasteiger partial charge is 0.127 e. The van der Waals surface area contributed by atoms with Crippen molar-refractivity contribution >= 4 is 0 Å². The molecule has 2 aliphatic rings. The van der Waals surface area contributed by atoms with E-state index in [-0.39, 0.29) is 5.82 Å². The van der Waals surface area contributed by atoms with Crippen LogP contribution in [0.2, 0.25) is 0 Å². The van der Waals surface area contributed by atoms with Crippen LogP contribution in [-0.2, 0) is 6.54 Å². The van der Waals surface area contributed by atoms with Crippen molar-refractivity contribution in [1.82, 2.24) is 9.80 Å². The van der Waals surface area contributed by atoms with Crippen molar-refractivity contribution in [2.24, 2.45) is 0 Å². The fraction of sp³-hybridized carbons (Fsp3) is 0.667. The van der Waals surface area contributed by atoms with Crippen molar-refractivity contribution in [3.8, 4) is 0 Å². The summed E-state index contributed by atoms with van der Waals surface area (Å²) < 4.78 is 13.7. The van der Waals surface area contributed by atoms with Gasteiger partial charge in [-0.1, -0.05) is 43.9 Å². The minimum Gasteiger partial charge on any atom is -0.298 e. The van der Waals surface area contributed by atoms with Gasteiger partial charge < -0.3 is 0 Å². The van der Waals surface area contributed by atoms with Crippen molar-refractivity contribution in [1.29, 1.82) is 0 Å². The molecule has 116 valence electrons. The molecule has 1 saturated heterocycles. The van der Waals surface area contributed by atoms with Crippen LogP contribution >= 0.6 is 0 Å². The molecule has 2 fully saturated rings. The largest absolute Gasteiger partial charge is 0.298 e. The molecule has 1 aliphatic carbocycles. The summed E-state index contributed by atoms with van der Waals surface area (Å²) >= 11 is 0. The predicted molar refractivity (Wildman–Crippen MR) is 84.7 cm³/mol. The monoisotopic (exact) mass is 290 g/mol. The van der Waals surface area contributed by atoms with Crippen molar-refractivity contribution in [3.05, 3.63) is 35.6 Å². The van der Waals surface area contributed by atoms with Crippen LogP contribution < -0.4 is 0 Å². The van der Waals surface area contributed by atoms with E-state index in [2.05, 4.69) is 9.80 Å². The first-order valence-electron chi connectivity index (χ1n) is 8.53. The van der Waals surface area contributed by atoms with E-state index in [9.17, 15) is 4.39 Å². The number of hydrogen-bond acceptors (Lipinski definition) is 2. The summed E-state index contributed by atoms with van der Waals surface area (Å²) in [5.74, 6) is -0.0660. The molecule has 3 rings (SSSR count). The van der Waals surface area contributed by atoms with Crippen molar-refractivity contribution in [2.45, 2.75) is 51.1 Å². The second-order valence-corrected chi connectivity index (χ2v) is 6.55. The molecule has 1 aromatic rings. The van der Waals surface area contributed by atoms with Crippen LogP contribution in [0.1, 0.15) is 44.1 Å². The van der Waals surface area contributed by atoms with Crippen LogP contribution in [0.3, 0.4) is 0 Å². The molecule has 0 N–H and O–H groups in total. The third kappa shape index (κ3) is 4.04. The van der Waals surface area contributed by atoms with Gasteiger partial charge in [-0.15, -0.1) is 0 Å². The summed E-state index contributed by atoms with van der Waals surface area (Å²) in [6, 6.07) is 7.98. The Morgan fingerprint density at radius 1 is 0.905 bits per heavy atom. The maximum Gasteiger partial charge on any atom is 0.127 e. The molecule has 1 saturated carbocycles. The number of hydrogen-bond donors (Lipinski definition) is 0. The van der Waals surface area contributed by atoms with Gasteiger partial charge in [-0.25, -0.2) is 4.39 Å². The first kappa shape index (κ1) is 15.0. The molecule has 3 heteroatoms. The molecule has 1 heterocycles. The van der Waals surface area contributed by atoms with E-state index in [1.807, 2.05) is 12.1 Å². The zero-order chi connectivity index (χ0) is 14.5. The first-order chi connectivity index (χ1) is 10.3. The lowest BCUT2D eigenvalue weighted by atomic mass is 10.1. The highest BCUT2D eigenvalue weighted by molar-refractivity contribution is 5.17. The van der Waals surface area contributed by atoms with Crippen molar-refractivity contribution in [2.75, 3.05) is 26.2 Å². The minimum atomic E-state index is -0.0660. The van der Waals surface area contributed by atoms with E-state index in [1.165, 1.54) is 38.5 Å². The van der Waals surface area contributed by atoms with Crippen LogP contribution in [0, 0.1) is 5.82 Å². The van der Waals surface area contributed by atoms with Crippen LogP contribution in [0.25, 0.3) is 0 Å². The van der Waals surface area contributed by atoms with Crippen LogP contribution in [0.5, 0.6) is 0 Å². The molecule has 1 aromatic carbocycles. The number of benzene rings is 1.